The summed E-state index contributed by atoms with van der Waals surface area (Å²) in [7, 11) is 0. The van der Waals surface area contributed by atoms with Gasteiger partial charge < -0.3 is 15.4 Å². The molecule has 0 spiro atoms. The molecule has 1 aromatic rings. The molecule has 0 aliphatic heterocycles. The molecule has 0 heterocycles. The summed E-state index contributed by atoms with van der Waals surface area (Å²) in [6.45, 7) is 12.7. The number of esters is 1. The van der Waals surface area contributed by atoms with Crippen molar-refractivity contribution in [1.82, 2.24) is 4.90 Å². The van der Waals surface area contributed by atoms with Crippen LogP contribution in [0.4, 0.5) is 5.69 Å². The SMILES string of the molecule is CC(C)CCN(CCCOC(=O)c1ccc(N)cc1)CCC(C)C. The molecule has 24 heavy (non-hydrogen) atoms. The molecule has 0 aliphatic carbocycles. The van der Waals surface area contributed by atoms with E-state index in [9.17, 15) is 4.79 Å². The summed E-state index contributed by atoms with van der Waals surface area (Å²) in [4.78, 5) is 14.5. The van der Waals surface area contributed by atoms with E-state index < -0.39 is 0 Å². The molecule has 0 atom stereocenters. The van der Waals surface area contributed by atoms with Crippen LogP contribution in [-0.4, -0.2) is 37.1 Å². The average molecular weight is 335 g/mol. The highest BCUT2D eigenvalue weighted by atomic mass is 16.5. The Morgan fingerprint density at radius 3 is 2.04 bits per heavy atom. The maximum atomic E-state index is 12.0. The fourth-order valence-corrected chi connectivity index (χ4v) is 2.37. The van der Waals surface area contributed by atoms with Crippen LogP contribution in [0, 0.1) is 11.8 Å². The Hall–Kier alpha value is -1.55. The van der Waals surface area contributed by atoms with Crippen molar-refractivity contribution in [3.8, 4) is 0 Å². The third-order valence-electron chi connectivity index (χ3n) is 4.04. The second-order valence-corrected chi connectivity index (χ2v) is 7.32. The number of nitrogens with two attached hydrogens (primary N) is 1. The topological polar surface area (TPSA) is 55.6 Å². The quantitative estimate of drug-likeness (QED) is 0.374. The van der Waals surface area contributed by atoms with Gasteiger partial charge in [0.05, 0.1) is 12.2 Å². The van der Waals surface area contributed by atoms with Crippen molar-refractivity contribution in [2.75, 3.05) is 32.0 Å². The number of anilines is 1. The first kappa shape index (κ1) is 20.5. The van der Waals surface area contributed by atoms with Crippen molar-refractivity contribution < 1.29 is 9.53 Å². The average Bonchev–Trinajstić information content (AvgIpc) is 2.53. The number of nitrogens with zero attached hydrogens (tertiary/aromatic N) is 1. The molecule has 4 nitrogen and oxygen atoms in total. The van der Waals surface area contributed by atoms with Crippen LogP contribution in [-0.2, 0) is 4.74 Å². The van der Waals surface area contributed by atoms with Gasteiger partial charge in [-0.3, -0.25) is 0 Å². The lowest BCUT2D eigenvalue weighted by molar-refractivity contribution is 0.0487. The number of hydrogen-bond acceptors (Lipinski definition) is 4. The Morgan fingerprint density at radius 1 is 1.00 bits per heavy atom. The first-order valence-corrected chi connectivity index (χ1v) is 9.13. The summed E-state index contributed by atoms with van der Waals surface area (Å²) in [5, 5.41) is 0. The highest BCUT2D eigenvalue weighted by molar-refractivity contribution is 5.89. The maximum Gasteiger partial charge on any atom is 0.338 e. The number of carbonyl (C=O) groups is 1. The van der Waals surface area contributed by atoms with Crippen LogP contribution in [0.3, 0.4) is 0 Å². The number of hydrogen-bond donors (Lipinski definition) is 1. The molecular formula is C20H34N2O2. The van der Waals surface area contributed by atoms with E-state index in [0.29, 0.717) is 17.9 Å². The van der Waals surface area contributed by atoms with Gasteiger partial charge in [-0.05, 0) is 68.5 Å². The lowest BCUT2D eigenvalue weighted by Gasteiger charge is -2.24. The molecule has 2 N–H and O–H groups in total. The number of carbonyl (C=O) groups excluding carboxylic acids is 1. The Bertz CT molecular complexity index is 457. The summed E-state index contributed by atoms with van der Waals surface area (Å²) in [5.74, 6) is 1.16. The predicted molar refractivity (Wildman–Crippen MR) is 101 cm³/mol. The lowest BCUT2D eigenvalue weighted by atomic mass is 10.1. The minimum absolute atomic E-state index is 0.272. The van der Waals surface area contributed by atoms with Crippen molar-refractivity contribution in [1.29, 1.82) is 0 Å². The van der Waals surface area contributed by atoms with Crippen molar-refractivity contribution >= 4 is 11.7 Å². The van der Waals surface area contributed by atoms with Gasteiger partial charge in [0.25, 0.3) is 0 Å². The highest BCUT2D eigenvalue weighted by Crippen LogP contribution is 2.09. The van der Waals surface area contributed by atoms with E-state index in [1.165, 1.54) is 12.8 Å². The molecule has 0 radical (unpaired) electrons. The summed E-state index contributed by atoms with van der Waals surface area (Å²) in [6, 6.07) is 6.84. The molecule has 0 saturated heterocycles. The third kappa shape index (κ3) is 8.92. The van der Waals surface area contributed by atoms with Gasteiger partial charge in [-0.15, -0.1) is 0 Å². The monoisotopic (exact) mass is 334 g/mol. The van der Waals surface area contributed by atoms with E-state index in [1.807, 2.05) is 0 Å². The number of benzene rings is 1. The molecule has 1 rings (SSSR count). The molecule has 0 amide bonds. The van der Waals surface area contributed by atoms with Gasteiger partial charge in [0.1, 0.15) is 0 Å². The summed E-state index contributed by atoms with van der Waals surface area (Å²) in [5.41, 5.74) is 6.83. The Morgan fingerprint density at radius 2 is 1.54 bits per heavy atom. The molecule has 0 aromatic heterocycles. The zero-order valence-electron chi connectivity index (χ0n) is 15.8. The van der Waals surface area contributed by atoms with E-state index in [2.05, 4.69) is 32.6 Å². The van der Waals surface area contributed by atoms with E-state index in [1.54, 1.807) is 24.3 Å². The molecule has 0 unspecified atom stereocenters. The third-order valence-corrected chi connectivity index (χ3v) is 4.04. The van der Waals surface area contributed by atoms with Crippen LogP contribution in [0.15, 0.2) is 24.3 Å². The van der Waals surface area contributed by atoms with Crippen molar-refractivity contribution in [3.05, 3.63) is 29.8 Å². The van der Waals surface area contributed by atoms with Gasteiger partial charge in [0.2, 0.25) is 0 Å². The Labute approximate surface area is 147 Å². The van der Waals surface area contributed by atoms with Gasteiger partial charge in [-0.1, -0.05) is 27.7 Å². The van der Waals surface area contributed by atoms with Crippen molar-refractivity contribution in [2.24, 2.45) is 11.8 Å². The molecule has 1 aromatic carbocycles. The van der Waals surface area contributed by atoms with E-state index in [-0.39, 0.29) is 5.97 Å². The molecule has 0 bridgehead atoms. The fraction of sp³-hybridized carbons (Fsp3) is 0.650. The van der Waals surface area contributed by atoms with Gasteiger partial charge in [0.15, 0.2) is 0 Å². The van der Waals surface area contributed by atoms with Gasteiger partial charge in [0, 0.05) is 12.2 Å². The number of rotatable bonds is 11. The zero-order valence-corrected chi connectivity index (χ0v) is 15.8. The van der Waals surface area contributed by atoms with Gasteiger partial charge in [-0.25, -0.2) is 4.79 Å². The number of nitrogen functional groups attached to an aromatic ring is 1. The van der Waals surface area contributed by atoms with Crippen LogP contribution in [0.25, 0.3) is 0 Å². The normalized spacial score (nSPS) is 11.5. The summed E-state index contributed by atoms with van der Waals surface area (Å²) < 4.78 is 5.36. The highest BCUT2D eigenvalue weighted by Gasteiger charge is 2.09. The second-order valence-electron chi connectivity index (χ2n) is 7.32. The molecule has 0 saturated carbocycles. The standard InChI is InChI=1S/C20H34N2O2/c1-16(2)10-13-22(14-11-17(3)4)12-5-15-24-20(23)18-6-8-19(21)9-7-18/h6-9,16-17H,5,10-15,21H2,1-4H3. The molecule has 0 fully saturated rings. The summed E-state index contributed by atoms with van der Waals surface area (Å²) >= 11 is 0. The summed E-state index contributed by atoms with van der Waals surface area (Å²) in [6.07, 6.45) is 3.30. The van der Waals surface area contributed by atoms with Gasteiger partial charge in [-0.2, -0.15) is 0 Å². The van der Waals surface area contributed by atoms with Crippen LogP contribution in [0.1, 0.15) is 57.3 Å². The minimum atomic E-state index is -0.272. The Kier molecular flexibility index (Phi) is 9.46. The largest absolute Gasteiger partial charge is 0.462 e. The van der Waals surface area contributed by atoms with E-state index in [4.69, 9.17) is 10.5 Å². The van der Waals surface area contributed by atoms with Crippen molar-refractivity contribution in [2.45, 2.75) is 47.0 Å². The predicted octanol–water partition coefficient (Wildman–Crippen LogP) is 4.21. The first-order valence-electron chi connectivity index (χ1n) is 9.13. The molecular weight excluding hydrogens is 300 g/mol. The van der Waals surface area contributed by atoms with Crippen LogP contribution < -0.4 is 5.73 Å². The molecule has 136 valence electrons. The first-order chi connectivity index (χ1) is 11.4. The fourth-order valence-electron chi connectivity index (χ4n) is 2.37. The van der Waals surface area contributed by atoms with Crippen LogP contribution in [0.5, 0.6) is 0 Å². The second kappa shape index (κ2) is 11.1. The van der Waals surface area contributed by atoms with E-state index in [0.717, 1.165) is 37.9 Å². The Balaban J connectivity index is 2.32. The van der Waals surface area contributed by atoms with Crippen LogP contribution in [0.2, 0.25) is 0 Å². The smallest absolute Gasteiger partial charge is 0.338 e. The zero-order chi connectivity index (χ0) is 17.9. The van der Waals surface area contributed by atoms with Gasteiger partial charge >= 0.3 is 5.97 Å². The molecule has 0 aliphatic rings. The van der Waals surface area contributed by atoms with E-state index >= 15 is 0 Å². The minimum Gasteiger partial charge on any atom is -0.462 e. The maximum absolute atomic E-state index is 12.0. The molecule has 4 heteroatoms. The van der Waals surface area contributed by atoms with Crippen LogP contribution >= 0.6 is 0 Å². The lowest BCUT2D eigenvalue weighted by Crippen LogP contribution is -2.29. The van der Waals surface area contributed by atoms with Crippen molar-refractivity contribution in [3.63, 3.8) is 0 Å². The number of ether oxygens (including phenoxy) is 1.